The van der Waals surface area contributed by atoms with E-state index in [0.29, 0.717) is 18.6 Å². The van der Waals surface area contributed by atoms with E-state index in [9.17, 15) is 13.6 Å². The number of ether oxygens (including phenoxy) is 1. The van der Waals surface area contributed by atoms with E-state index in [1.807, 2.05) is 0 Å². The van der Waals surface area contributed by atoms with Crippen LogP contribution in [0.4, 0.5) is 13.6 Å². The molecule has 1 aliphatic heterocycles. The second kappa shape index (κ2) is 4.29. The molecule has 4 nitrogen and oxygen atoms in total. The molecule has 1 aromatic rings. The third kappa shape index (κ3) is 2.71. The highest BCUT2D eigenvalue weighted by molar-refractivity contribution is 5.64. The van der Waals surface area contributed by atoms with Crippen molar-refractivity contribution in [3.63, 3.8) is 0 Å². The van der Waals surface area contributed by atoms with Gasteiger partial charge >= 0.3 is 6.09 Å². The smallest absolute Gasteiger partial charge is 0.404 e. The molecule has 2 rings (SSSR count). The number of rotatable bonds is 4. The molecule has 0 saturated carbocycles. The van der Waals surface area contributed by atoms with Gasteiger partial charge in [-0.25, -0.2) is 13.6 Å². The number of halogens is 2. The Hall–Kier alpha value is -1.69. The molecule has 6 heteroatoms. The molecule has 92 valence electrons. The Kier molecular flexibility index (Phi) is 2.97. The predicted molar refractivity (Wildman–Crippen MR) is 54.6 cm³/mol. The molecule has 1 saturated heterocycles. The van der Waals surface area contributed by atoms with Gasteiger partial charge in [0, 0.05) is 19.0 Å². The van der Waals surface area contributed by atoms with E-state index in [2.05, 4.69) is 5.32 Å². The number of hydrogen-bond donors (Lipinski definition) is 2. The van der Waals surface area contributed by atoms with Gasteiger partial charge in [0.05, 0.1) is 6.61 Å². The summed E-state index contributed by atoms with van der Waals surface area (Å²) in [6, 6.07) is 3.20. The Bertz CT molecular complexity index is 426. The van der Waals surface area contributed by atoms with E-state index >= 15 is 0 Å². The van der Waals surface area contributed by atoms with Crippen molar-refractivity contribution in [1.29, 1.82) is 0 Å². The van der Waals surface area contributed by atoms with Crippen molar-refractivity contribution in [2.75, 3.05) is 13.2 Å². The molecule has 1 amide bonds. The fourth-order valence-electron chi connectivity index (χ4n) is 1.73. The van der Waals surface area contributed by atoms with Crippen molar-refractivity contribution >= 4 is 6.09 Å². The monoisotopic (exact) mass is 243 g/mol. The zero-order chi connectivity index (χ0) is 12.5. The van der Waals surface area contributed by atoms with E-state index < -0.39 is 23.3 Å². The molecule has 0 spiro atoms. The Balaban J connectivity index is 2.07. The minimum absolute atomic E-state index is 0.174. The van der Waals surface area contributed by atoms with Crippen LogP contribution < -0.4 is 5.32 Å². The molecule has 17 heavy (non-hydrogen) atoms. The first-order chi connectivity index (χ1) is 8.02. The highest BCUT2D eigenvalue weighted by Crippen LogP contribution is 2.42. The number of benzene rings is 1. The molecule has 1 aliphatic rings. The zero-order valence-electron chi connectivity index (χ0n) is 8.87. The average molecular weight is 243 g/mol. The molecule has 1 heterocycles. The van der Waals surface area contributed by atoms with Gasteiger partial charge in [-0.15, -0.1) is 0 Å². The minimum atomic E-state index is -1.13. The van der Waals surface area contributed by atoms with E-state index in [-0.39, 0.29) is 6.54 Å². The van der Waals surface area contributed by atoms with Gasteiger partial charge in [0.2, 0.25) is 0 Å². The predicted octanol–water partition coefficient (Wildman–Crippen LogP) is 1.85. The molecule has 0 bridgehead atoms. The highest BCUT2D eigenvalue weighted by Gasteiger charge is 2.46. The third-order valence-electron chi connectivity index (χ3n) is 2.69. The maximum Gasteiger partial charge on any atom is 0.404 e. The van der Waals surface area contributed by atoms with Crippen molar-refractivity contribution in [3.05, 3.63) is 35.4 Å². The normalized spacial score (nSPS) is 22.2. The van der Waals surface area contributed by atoms with Gasteiger partial charge in [0.1, 0.15) is 17.2 Å². The fourth-order valence-corrected chi connectivity index (χ4v) is 1.73. The fraction of sp³-hybridized carbons (Fsp3) is 0.364. The van der Waals surface area contributed by atoms with E-state index in [1.165, 1.54) is 12.1 Å². The molecule has 2 N–H and O–H groups in total. The number of amides is 1. The third-order valence-corrected chi connectivity index (χ3v) is 2.69. The highest BCUT2D eigenvalue weighted by atomic mass is 19.1. The molecule has 1 fully saturated rings. The van der Waals surface area contributed by atoms with Crippen molar-refractivity contribution < 1.29 is 23.4 Å². The Morgan fingerprint density at radius 2 is 2.00 bits per heavy atom. The van der Waals surface area contributed by atoms with E-state index in [1.54, 1.807) is 0 Å². The summed E-state index contributed by atoms with van der Waals surface area (Å²) in [7, 11) is 0. The first-order valence-corrected chi connectivity index (χ1v) is 5.09. The lowest BCUT2D eigenvalue weighted by atomic mass is 9.96. The van der Waals surface area contributed by atoms with Gasteiger partial charge in [0.25, 0.3) is 0 Å². The maximum absolute atomic E-state index is 13.0. The summed E-state index contributed by atoms with van der Waals surface area (Å²) in [4.78, 5) is 10.3. The summed E-state index contributed by atoms with van der Waals surface area (Å²) in [5.74, 6) is -1.33. The number of carbonyl (C=O) groups is 1. The standard InChI is InChI=1S/C11H11F2NO3/c12-8-3-7(4-9(13)5-8)11(6-17-11)1-2-14-10(15)16/h3-5,14H,1-2,6H2,(H,15,16). The zero-order valence-corrected chi connectivity index (χ0v) is 8.87. The van der Waals surface area contributed by atoms with Crippen LogP contribution in [-0.2, 0) is 10.3 Å². The van der Waals surface area contributed by atoms with Crippen LogP contribution in [0.5, 0.6) is 0 Å². The molecular weight excluding hydrogens is 232 g/mol. The lowest BCUT2D eigenvalue weighted by Crippen LogP contribution is -2.26. The van der Waals surface area contributed by atoms with Crippen LogP contribution >= 0.6 is 0 Å². The summed E-state index contributed by atoms with van der Waals surface area (Å²) in [6.45, 7) is 0.519. The number of epoxide rings is 1. The Morgan fingerprint density at radius 3 is 2.47 bits per heavy atom. The molecule has 1 aromatic carbocycles. The van der Waals surface area contributed by atoms with Crippen LogP contribution in [0.3, 0.4) is 0 Å². The maximum atomic E-state index is 13.0. The van der Waals surface area contributed by atoms with Crippen LogP contribution in [0.15, 0.2) is 18.2 Å². The van der Waals surface area contributed by atoms with Crippen LogP contribution in [0.25, 0.3) is 0 Å². The average Bonchev–Trinajstić information content (AvgIpc) is 2.97. The quantitative estimate of drug-likeness (QED) is 0.793. The van der Waals surface area contributed by atoms with Gasteiger partial charge in [-0.2, -0.15) is 0 Å². The van der Waals surface area contributed by atoms with Gasteiger partial charge < -0.3 is 15.2 Å². The molecule has 0 radical (unpaired) electrons. The molecule has 1 unspecified atom stereocenters. The van der Waals surface area contributed by atoms with Crippen LogP contribution in [0, 0.1) is 11.6 Å². The summed E-state index contributed by atoms with van der Waals surface area (Å²) >= 11 is 0. The summed E-state index contributed by atoms with van der Waals surface area (Å²) in [5, 5.41) is 10.6. The Morgan fingerprint density at radius 1 is 1.41 bits per heavy atom. The van der Waals surface area contributed by atoms with Crippen molar-refractivity contribution in [2.45, 2.75) is 12.0 Å². The van der Waals surface area contributed by atoms with Crippen LogP contribution in [0.2, 0.25) is 0 Å². The molecule has 1 atom stereocenters. The van der Waals surface area contributed by atoms with Gasteiger partial charge in [-0.3, -0.25) is 0 Å². The summed E-state index contributed by atoms with van der Waals surface area (Å²) < 4.78 is 31.3. The number of nitrogens with one attached hydrogen (secondary N) is 1. The van der Waals surface area contributed by atoms with E-state index in [0.717, 1.165) is 6.07 Å². The first kappa shape index (κ1) is 11.8. The van der Waals surface area contributed by atoms with Gasteiger partial charge in [0.15, 0.2) is 0 Å². The van der Waals surface area contributed by atoms with Crippen LogP contribution in [-0.4, -0.2) is 24.4 Å². The molecule has 0 aromatic heterocycles. The number of hydrogen-bond acceptors (Lipinski definition) is 2. The van der Waals surface area contributed by atoms with Gasteiger partial charge in [-0.1, -0.05) is 0 Å². The van der Waals surface area contributed by atoms with Crippen molar-refractivity contribution in [1.82, 2.24) is 5.32 Å². The Labute approximate surface area is 96.2 Å². The van der Waals surface area contributed by atoms with Gasteiger partial charge in [-0.05, 0) is 17.7 Å². The first-order valence-electron chi connectivity index (χ1n) is 5.09. The van der Waals surface area contributed by atoms with Crippen LogP contribution in [0.1, 0.15) is 12.0 Å². The lowest BCUT2D eigenvalue weighted by molar-refractivity contribution is 0.192. The molecular formula is C11H11F2NO3. The summed E-state index contributed by atoms with van der Waals surface area (Å²) in [5.41, 5.74) is -0.340. The second-order valence-corrected chi connectivity index (χ2v) is 3.92. The largest absolute Gasteiger partial charge is 0.465 e. The lowest BCUT2D eigenvalue weighted by Gasteiger charge is -2.12. The van der Waals surface area contributed by atoms with Crippen molar-refractivity contribution in [2.24, 2.45) is 0 Å². The van der Waals surface area contributed by atoms with Crippen molar-refractivity contribution in [3.8, 4) is 0 Å². The topological polar surface area (TPSA) is 61.9 Å². The molecule has 0 aliphatic carbocycles. The second-order valence-electron chi connectivity index (χ2n) is 3.92. The number of carboxylic acid groups (broad SMARTS) is 1. The minimum Gasteiger partial charge on any atom is -0.465 e. The SMILES string of the molecule is O=C(O)NCCC1(c2cc(F)cc(F)c2)CO1. The van der Waals surface area contributed by atoms with E-state index in [4.69, 9.17) is 9.84 Å². The summed E-state index contributed by atoms with van der Waals surface area (Å²) in [6.07, 6.45) is -0.784.